The van der Waals surface area contributed by atoms with Crippen molar-refractivity contribution in [3.8, 4) is 0 Å². The highest BCUT2D eigenvalue weighted by Crippen LogP contribution is 2.10. The Kier molecular flexibility index (Phi) is 4.73. The summed E-state index contributed by atoms with van der Waals surface area (Å²) >= 11 is 0. The Hall–Kier alpha value is -2.17. The number of nitrogens with one attached hydrogen (secondary N) is 2. The van der Waals surface area contributed by atoms with Gasteiger partial charge in [0.15, 0.2) is 0 Å². The van der Waals surface area contributed by atoms with E-state index in [-0.39, 0.29) is 23.7 Å². The van der Waals surface area contributed by atoms with E-state index in [1.54, 1.807) is 0 Å². The van der Waals surface area contributed by atoms with Crippen molar-refractivity contribution in [1.29, 1.82) is 0 Å². The van der Waals surface area contributed by atoms with E-state index in [0.717, 1.165) is 12.2 Å². The van der Waals surface area contributed by atoms with Gasteiger partial charge >= 0.3 is 0 Å². The summed E-state index contributed by atoms with van der Waals surface area (Å²) in [4.78, 5) is 16.3. The van der Waals surface area contributed by atoms with Crippen LogP contribution in [0.4, 0.5) is 0 Å². The number of nitrogens with zero attached hydrogens (tertiary/aromatic N) is 2. The summed E-state index contributed by atoms with van der Waals surface area (Å²) in [5.41, 5.74) is 2.47. The van der Waals surface area contributed by atoms with Gasteiger partial charge in [0.05, 0.1) is 0 Å². The van der Waals surface area contributed by atoms with E-state index in [1.807, 2.05) is 32.9 Å². The predicted octanol–water partition coefficient (Wildman–Crippen LogP) is 2.60. The van der Waals surface area contributed by atoms with E-state index in [2.05, 4.69) is 39.6 Å². The molecule has 1 aromatic carbocycles. The maximum atomic E-state index is 12.1. The van der Waals surface area contributed by atoms with Gasteiger partial charge in [0.25, 0.3) is 5.91 Å². The fourth-order valence-corrected chi connectivity index (χ4v) is 2.14. The number of carbonyl (C=O) groups excluding carboxylic acids is 1. The molecule has 0 bridgehead atoms. The van der Waals surface area contributed by atoms with Crippen LogP contribution in [0.1, 0.15) is 54.3 Å². The summed E-state index contributed by atoms with van der Waals surface area (Å²) in [6.45, 7) is 8.07. The fraction of sp³-hybridized carbons (Fsp3) is 0.438. The van der Waals surface area contributed by atoms with Crippen molar-refractivity contribution >= 4 is 5.91 Å². The minimum absolute atomic E-state index is 0.0274. The molecule has 21 heavy (non-hydrogen) atoms. The lowest BCUT2D eigenvalue weighted by atomic mass is 10.0. The van der Waals surface area contributed by atoms with Crippen LogP contribution < -0.4 is 5.32 Å². The molecule has 2 rings (SSSR count). The van der Waals surface area contributed by atoms with Gasteiger partial charge in [-0.1, -0.05) is 38.1 Å². The first-order chi connectivity index (χ1) is 9.97. The molecule has 0 aliphatic heterocycles. The Bertz CT molecular complexity index is 618. The van der Waals surface area contributed by atoms with Crippen LogP contribution in [0.5, 0.6) is 0 Å². The highest BCUT2D eigenvalue weighted by Gasteiger charge is 2.16. The molecule has 1 atom stereocenters. The van der Waals surface area contributed by atoms with E-state index in [9.17, 15) is 4.79 Å². The Balaban J connectivity index is 1.97. The van der Waals surface area contributed by atoms with Crippen molar-refractivity contribution in [2.75, 3.05) is 0 Å². The van der Waals surface area contributed by atoms with Gasteiger partial charge in [-0.2, -0.15) is 0 Å². The second kappa shape index (κ2) is 6.52. The maximum Gasteiger partial charge on any atom is 0.291 e. The van der Waals surface area contributed by atoms with Gasteiger partial charge in [0, 0.05) is 12.0 Å². The van der Waals surface area contributed by atoms with Crippen molar-refractivity contribution < 1.29 is 4.79 Å². The molecule has 0 aliphatic rings. The van der Waals surface area contributed by atoms with Crippen molar-refractivity contribution in [3.63, 3.8) is 0 Å². The first kappa shape index (κ1) is 15.2. The number of benzene rings is 1. The Morgan fingerprint density at radius 1 is 1.29 bits per heavy atom. The van der Waals surface area contributed by atoms with Crippen LogP contribution in [-0.4, -0.2) is 27.1 Å². The molecule has 0 spiro atoms. The van der Waals surface area contributed by atoms with Crippen molar-refractivity contribution in [1.82, 2.24) is 20.5 Å². The first-order valence-corrected chi connectivity index (χ1v) is 7.25. The van der Waals surface area contributed by atoms with E-state index in [1.165, 1.54) is 11.1 Å². The number of amides is 1. The van der Waals surface area contributed by atoms with Crippen molar-refractivity contribution in [3.05, 3.63) is 47.0 Å². The average Bonchev–Trinajstić information content (AvgIpc) is 2.91. The smallest absolute Gasteiger partial charge is 0.291 e. The maximum absolute atomic E-state index is 12.1. The molecule has 0 fully saturated rings. The van der Waals surface area contributed by atoms with Gasteiger partial charge in [-0.25, -0.2) is 4.98 Å². The lowest BCUT2D eigenvalue weighted by Gasteiger charge is -2.14. The molecule has 112 valence electrons. The number of aromatic nitrogens is 3. The van der Waals surface area contributed by atoms with Gasteiger partial charge in [-0.15, -0.1) is 5.10 Å². The predicted molar refractivity (Wildman–Crippen MR) is 82.3 cm³/mol. The molecule has 1 aromatic heterocycles. The molecule has 1 heterocycles. The van der Waals surface area contributed by atoms with E-state index >= 15 is 0 Å². The quantitative estimate of drug-likeness (QED) is 0.887. The molecule has 2 N–H and O–H groups in total. The molecule has 0 saturated heterocycles. The lowest BCUT2D eigenvalue weighted by molar-refractivity contribution is 0.0930. The molecule has 0 saturated carbocycles. The zero-order valence-electron chi connectivity index (χ0n) is 13.0. The van der Waals surface area contributed by atoms with Gasteiger partial charge in [0.2, 0.25) is 5.82 Å². The van der Waals surface area contributed by atoms with Crippen LogP contribution in [0.15, 0.2) is 24.3 Å². The number of aromatic amines is 1. The molecule has 0 aliphatic carbocycles. The summed E-state index contributed by atoms with van der Waals surface area (Å²) in [5, 5.41) is 9.70. The van der Waals surface area contributed by atoms with E-state index in [0.29, 0.717) is 0 Å². The third-order valence-corrected chi connectivity index (χ3v) is 3.42. The van der Waals surface area contributed by atoms with Crippen LogP contribution in [0, 0.1) is 6.92 Å². The number of H-pyrrole nitrogens is 1. The van der Waals surface area contributed by atoms with Crippen LogP contribution in [0.2, 0.25) is 0 Å². The third-order valence-electron chi connectivity index (χ3n) is 3.42. The summed E-state index contributed by atoms with van der Waals surface area (Å²) in [6.07, 6.45) is 0.792. The monoisotopic (exact) mass is 286 g/mol. The summed E-state index contributed by atoms with van der Waals surface area (Å²) < 4.78 is 0. The molecule has 1 unspecified atom stereocenters. The van der Waals surface area contributed by atoms with Crippen LogP contribution >= 0.6 is 0 Å². The molecule has 2 aromatic rings. The summed E-state index contributed by atoms with van der Waals surface area (Å²) in [6, 6.07) is 8.22. The molecule has 5 heteroatoms. The normalized spacial score (nSPS) is 12.4. The summed E-state index contributed by atoms with van der Waals surface area (Å²) in [7, 11) is 0. The van der Waals surface area contributed by atoms with Crippen LogP contribution in [-0.2, 0) is 6.42 Å². The highest BCUT2D eigenvalue weighted by atomic mass is 16.2. The molecule has 1 amide bonds. The largest absolute Gasteiger partial charge is 0.346 e. The molecular formula is C16H22N4O. The minimum Gasteiger partial charge on any atom is -0.346 e. The van der Waals surface area contributed by atoms with Gasteiger partial charge in [0.1, 0.15) is 5.82 Å². The average molecular weight is 286 g/mol. The second-order valence-corrected chi connectivity index (χ2v) is 5.70. The molecule has 5 nitrogen and oxygen atoms in total. The summed E-state index contributed by atoms with van der Waals surface area (Å²) in [5.74, 6) is 0.921. The van der Waals surface area contributed by atoms with Gasteiger partial charge in [-0.3, -0.25) is 9.89 Å². The Morgan fingerprint density at radius 3 is 2.62 bits per heavy atom. The Labute approximate surface area is 125 Å². The van der Waals surface area contributed by atoms with Crippen LogP contribution in [0.25, 0.3) is 0 Å². The minimum atomic E-state index is -0.237. The lowest BCUT2D eigenvalue weighted by Crippen LogP contribution is -2.34. The number of carbonyl (C=O) groups is 1. The first-order valence-electron chi connectivity index (χ1n) is 7.25. The highest BCUT2D eigenvalue weighted by molar-refractivity contribution is 5.90. The number of aryl methyl sites for hydroxylation is 1. The topological polar surface area (TPSA) is 70.7 Å². The molecular weight excluding hydrogens is 264 g/mol. The zero-order chi connectivity index (χ0) is 15.4. The van der Waals surface area contributed by atoms with Gasteiger partial charge in [-0.05, 0) is 31.4 Å². The number of hydrogen-bond acceptors (Lipinski definition) is 3. The van der Waals surface area contributed by atoms with Crippen molar-refractivity contribution in [2.24, 2.45) is 0 Å². The number of hydrogen-bond donors (Lipinski definition) is 2. The number of rotatable bonds is 5. The molecule has 0 radical (unpaired) electrons. The fourth-order valence-electron chi connectivity index (χ4n) is 2.14. The zero-order valence-corrected chi connectivity index (χ0v) is 13.0. The standard InChI is InChI=1S/C16H22N4O/c1-10(2)14-18-15(20-19-14)16(21)17-12(4)9-13-8-6-5-7-11(13)3/h5-8,10,12H,9H2,1-4H3,(H,17,21)(H,18,19,20). The van der Waals surface area contributed by atoms with Crippen LogP contribution in [0.3, 0.4) is 0 Å². The van der Waals surface area contributed by atoms with Gasteiger partial charge < -0.3 is 5.32 Å². The Morgan fingerprint density at radius 2 is 2.00 bits per heavy atom. The third kappa shape index (κ3) is 3.90. The van der Waals surface area contributed by atoms with E-state index < -0.39 is 0 Å². The SMILES string of the molecule is Cc1ccccc1CC(C)NC(=O)c1n[nH]c(C(C)C)n1. The van der Waals surface area contributed by atoms with Crippen molar-refractivity contribution in [2.45, 2.75) is 46.1 Å². The second-order valence-electron chi connectivity index (χ2n) is 5.70. The van der Waals surface area contributed by atoms with E-state index in [4.69, 9.17) is 0 Å².